The van der Waals surface area contributed by atoms with Gasteiger partial charge in [0.2, 0.25) is 0 Å². The van der Waals surface area contributed by atoms with E-state index in [1.165, 1.54) is 16.7 Å². The molecule has 0 spiro atoms. The van der Waals surface area contributed by atoms with Crippen molar-refractivity contribution in [3.05, 3.63) is 64.7 Å². The quantitative estimate of drug-likeness (QED) is 0.812. The molecule has 0 heterocycles. The van der Waals surface area contributed by atoms with Gasteiger partial charge in [0, 0.05) is 0 Å². The van der Waals surface area contributed by atoms with Gasteiger partial charge in [0.1, 0.15) is 5.75 Å². The molecule has 2 nitrogen and oxygen atoms in total. The van der Waals surface area contributed by atoms with Crippen molar-refractivity contribution in [2.45, 2.75) is 32.6 Å². The molecule has 0 saturated heterocycles. The van der Waals surface area contributed by atoms with Crippen molar-refractivity contribution >= 4 is 0 Å². The average molecular weight is 279 g/mol. The van der Waals surface area contributed by atoms with Crippen LogP contribution in [0.3, 0.4) is 0 Å². The summed E-state index contributed by atoms with van der Waals surface area (Å²) in [7, 11) is 1.69. The molecule has 0 aromatic heterocycles. The zero-order valence-electron chi connectivity index (χ0n) is 12.9. The Balaban J connectivity index is 2.23. The Morgan fingerprint density at radius 1 is 1.14 bits per heavy atom. The highest BCUT2D eigenvalue weighted by Crippen LogP contribution is 2.25. The van der Waals surface area contributed by atoms with Crippen LogP contribution in [-0.2, 0) is 12.8 Å². The topological polar surface area (TPSA) is 33.0 Å². The minimum Gasteiger partial charge on any atom is -0.496 e. The van der Waals surface area contributed by atoms with Gasteiger partial charge < -0.3 is 4.74 Å². The van der Waals surface area contributed by atoms with Gasteiger partial charge in [-0.15, -0.1) is 0 Å². The van der Waals surface area contributed by atoms with Crippen molar-refractivity contribution in [3.8, 4) is 11.8 Å². The van der Waals surface area contributed by atoms with E-state index in [9.17, 15) is 5.26 Å². The summed E-state index contributed by atoms with van der Waals surface area (Å²) in [4.78, 5) is 0. The highest BCUT2D eigenvalue weighted by molar-refractivity contribution is 5.39. The summed E-state index contributed by atoms with van der Waals surface area (Å²) >= 11 is 0. The van der Waals surface area contributed by atoms with Crippen LogP contribution in [0.5, 0.6) is 5.75 Å². The van der Waals surface area contributed by atoms with Gasteiger partial charge in [-0.2, -0.15) is 5.26 Å². The Hall–Kier alpha value is -2.27. The van der Waals surface area contributed by atoms with Crippen molar-refractivity contribution in [1.82, 2.24) is 0 Å². The molecule has 0 saturated carbocycles. The Morgan fingerprint density at radius 3 is 2.43 bits per heavy atom. The first kappa shape index (κ1) is 15.1. The summed E-state index contributed by atoms with van der Waals surface area (Å²) in [5, 5.41) is 9.46. The highest BCUT2D eigenvalue weighted by atomic mass is 16.5. The summed E-state index contributed by atoms with van der Waals surface area (Å²) < 4.78 is 5.36. The maximum Gasteiger partial charge on any atom is 0.122 e. The van der Waals surface area contributed by atoms with Crippen LogP contribution in [0.2, 0.25) is 0 Å². The number of aryl methyl sites for hydroxylation is 2. The molecule has 0 fully saturated rings. The van der Waals surface area contributed by atoms with E-state index >= 15 is 0 Å². The molecule has 1 unspecified atom stereocenters. The molecular weight excluding hydrogens is 258 g/mol. The first-order valence-electron chi connectivity index (χ1n) is 7.30. The predicted octanol–water partition coefficient (Wildman–Crippen LogP) is 4.42. The second kappa shape index (κ2) is 6.95. The molecule has 0 aliphatic rings. The molecule has 2 aromatic rings. The molecule has 0 aliphatic heterocycles. The molecule has 2 rings (SSSR count). The lowest BCUT2D eigenvalue weighted by molar-refractivity contribution is 0.410. The summed E-state index contributed by atoms with van der Waals surface area (Å²) in [6.07, 6.45) is 1.66. The van der Waals surface area contributed by atoms with Crippen molar-refractivity contribution in [3.63, 3.8) is 0 Å². The number of hydrogen-bond acceptors (Lipinski definition) is 2. The molecule has 0 N–H and O–H groups in total. The van der Waals surface area contributed by atoms with Gasteiger partial charge >= 0.3 is 0 Å². The first-order chi connectivity index (χ1) is 10.2. The zero-order chi connectivity index (χ0) is 15.2. The lowest BCUT2D eigenvalue weighted by Gasteiger charge is -2.13. The number of hydrogen-bond donors (Lipinski definition) is 0. The van der Waals surface area contributed by atoms with E-state index in [2.05, 4.69) is 44.2 Å². The maximum atomic E-state index is 9.46. The molecule has 108 valence electrons. The van der Waals surface area contributed by atoms with Crippen molar-refractivity contribution < 1.29 is 4.74 Å². The van der Waals surface area contributed by atoms with Crippen LogP contribution in [0.4, 0.5) is 0 Å². The Morgan fingerprint density at radius 2 is 1.86 bits per heavy atom. The number of methoxy groups -OCH3 is 1. The van der Waals surface area contributed by atoms with Gasteiger partial charge in [0.15, 0.2) is 0 Å². The third kappa shape index (κ3) is 3.64. The number of ether oxygens (including phenoxy) is 1. The molecule has 2 heteroatoms. The van der Waals surface area contributed by atoms with Gasteiger partial charge in [-0.3, -0.25) is 0 Å². The number of rotatable bonds is 5. The smallest absolute Gasteiger partial charge is 0.122 e. The second-order valence-corrected chi connectivity index (χ2v) is 5.30. The standard InChI is InChI=1S/C19H21NO/c1-4-16-11-15(7-10-19(16)21-3)12-18(13-20)17-8-5-14(2)6-9-17/h5-11,18H,4,12H2,1-3H3. The van der Waals surface area contributed by atoms with Crippen LogP contribution < -0.4 is 4.74 Å². The lowest BCUT2D eigenvalue weighted by Crippen LogP contribution is -2.02. The van der Waals surface area contributed by atoms with E-state index in [1.807, 2.05) is 18.2 Å². The minimum atomic E-state index is -0.108. The van der Waals surface area contributed by atoms with Gasteiger partial charge in [0.05, 0.1) is 19.1 Å². The van der Waals surface area contributed by atoms with E-state index in [4.69, 9.17) is 4.74 Å². The normalized spacial score (nSPS) is 11.7. The Labute approximate surface area is 127 Å². The monoisotopic (exact) mass is 279 g/mol. The first-order valence-corrected chi connectivity index (χ1v) is 7.30. The van der Waals surface area contributed by atoms with Crippen LogP contribution in [0, 0.1) is 18.3 Å². The minimum absolute atomic E-state index is 0.108. The van der Waals surface area contributed by atoms with Gasteiger partial charge in [-0.05, 0) is 42.5 Å². The molecule has 0 aliphatic carbocycles. The largest absolute Gasteiger partial charge is 0.496 e. The fraction of sp³-hybridized carbons (Fsp3) is 0.316. The Kier molecular flexibility index (Phi) is 5.00. The Bertz CT molecular complexity index is 638. The van der Waals surface area contributed by atoms with Crippen LogP contribution in [0.15, 0.2) is 42.5 Å². The lowest BCUT2D eigenvalue weighted by atomic mass is 9.92. The zero-order valence-corrected chi connectivity index (χ0v) is 12.9. The van der Waals surface area contributed by atoms with Crippen LogP contribution in [0.25, 0.3) is 0 Å². The maximum absolute atomic E-state index is 9.46. The molecule has 21 heavy (non-hydrogen) atoms. The SMILES string of the molecule is CCc1cc(CC(C#N)c2ccc(C)cc2)ccc1OC. The summed E-state index contributed by atoms with van der Waals surface area (Å²) in [5.74, 6) is 0.814. The second-order valence-electron chi connectivity index (χ2n) is 5.30. The third-order valence-electron chi connectivity index (χ3n) is 3.80. The van der Waals surface area contributed by atoms with Gasteiger partial charge in [0.25, 0.3) is 0 Å². The van der Waals surface area contributed by atoms with Gasteiger partial charge in [-0.1, -0.05) is 48.9 Å². The van der Waals surface area contributed by atoms with Crippen molar-refractivity contribution in [1.29, 1.82) is 5.26 Å². The summed E-state index contributed by atoms with van der Waals surface area (Å²) in [5.41, 5.74) is 4.67. The van der Waals surface area contributed by atoms with E-state index in [0.29, 0.717) is 0 Å². The highest BCUT2D eigenvalue weighted by Gasteiger charge is 2.12. The summed E-state index contributed by atoms with van der Waals surface area (Å²) in [6.45, 7) is 4.17. The molecule has 2 aromatic carbocycles. The third-order valence-corrected chi connectivity index (χ3v) is 3.80. The number of nitrogens with zero attached hydrogens (tertiary/aromatic N) is 1. The fourth-order valence-corrected chi connectivity index (χ4v) is 2.51. The number of nitriles is 1. The average Bonchev–Trinajstić information content (AvgIpc) is 2.53. The van der Waals surface area contributed by atoms with Crippen molar-refractivity contribution in [2.75, 3.05) is 7.11 Å². The molecule has 0 radical (unpaired) electrons. The predicted molar refractivity (Wildman–Crippen MR) is 85.6 cm³/mol. The molecule has 0 bridgehead atoms. The fourth-order valence-electron chi connectivity index (χ4n) is 2.51. The molecule has 1 atom stereocenters. The van der Waals surface area contributed by atoms with Gasteiger partial charge in [-0.25, -0.2) is 0 Å². The van der Waals surface area contributed by atoms with E-state index in [1.54, 1.807) is 7.11 Å². The van der Waals surface area contributed by atoms with E-state index in [-0.39, 0.29) is 5.92 Å². The molecular formula is C19H21NO. The van der Waals surface area contributed by atoms with E-state index < -0.39 is 0 Å². The summed E-state index contributed by atoms with van der Waals surface area (Å²) in [6, 6.07) is 16.8. The number of benzene rings is 2. The van der Waals surface area contributed by atoms with Crippen LogP contribution in [0.1, 0.15) is 35.1 Å². The van der Waals surface area contributed by atoms with E-state index in [0.717, 1.165) is 24.2 Å². The van der Waals surface area contributed by atoms with Crippen LogP contribution in [-0.4, -0.2) is 7.11 Å². The van der Waals surface area contributed by atoms with Crippen molar-refractivity contribution in [2.24, 2.45) is 0 Å². The van der Waals surface area contributed by atoms with Crippen LogP contribution >= 0.6 is 0 Å². The molecule has 0 amide bonds.